The van der Waals surface area contributed by atoms with Crippen LogP contribution < -0.4 is 4.72 Å². The number of aryl methyl sites for hydroxylation is 1. The van der Waals surface area contributed by atoms with E-state index < -0.39 is 20.7 Å². The van der Waals surface area contributed by atoms with E-state index in [1.807, 2.05) is 0 Å². The van der Waals surface area contributed by atoms with Crippen LogP contribution in [0.5, 0.6) is 0 Å². The largest absolute Gasteiger partial charge is 0.384 e. The van der Waals surface area contributed by atoms with Crippen LogP contribution in [-0.2, 0) is 10.0 Å². The van der Waals surface area contributed by atoms with Gasteiger partial charge in [-0.05, 0) is 25.1 Å². The van der Waals surface area contributed by atoms with Crippen molar-refractivity contribution in [1.82, 2.24) is 4.98 Å². The number of aromatic nitrogens is 1. The summed E-state index contributed by atoms with van der Waals surface area (Å²) in [6.07, 6.45) is 0. The average Bonchev–Trinajstić information content (AvgIpc) is 2.80. The number of thiazole rings is 1. The van der Waals surface area contributed by atoms with Crippen LogP contribution in [0.3, 0.4) is 0 Å². The molecule has 0 aliphatic carbocycles. The molecule has 0 fully saturated rings. The quantitative estimate of drug-likeness (QED) is 0.842. The molecule has 0 unspecified atom stereocenters. The zero-order valence-electron chi connectivity index (χ0n) is 10.9. The Morgan fingerprint density at radius 3 is 2.81 bits per heavy atom. The lowest BCUT2D eigenvalue weighted by molar-refractivity contribution is 0.350. The summed E-state index contributed by atoms with van der Waals surface area (Å²) in [6.45, 7) is 1.37. The van der Waals surface area contributed by atoms with Gasteiger partial charge in [-0.3, -0.25) is 4.72 Å². The summed E-state index contributed by atoms with van der Waals surface area (Å²) in [7, 11) is -4.04. The first-order valence-corrected chi connectivity index (χ1v) is 8.13. The molecular weight excluding hydrogens is 315 g/mol. The topological polar surface area (TPSA) is 79.3 Å². The third kappa shape index (κ3) is 3.78. The number of nitrogens with zero attached hydrogens (tertiary/aromatic N) is 1. The Morgan fingerprint density at radius 2 is 2.24 bits per heavy atom. The molecule has 1 aromatic carbocycles. The van der Waals surface area contributed by atoms with Crippen LogP contribution in [0.2, 0.25) is 0 Å². The van der Waals surface area contributed by atoms with E-state index in [-0.39, 0.29) is 17.3 Å². The van der Waals surface area contributed by atoms with Crippen molar-refractivity contribution in [3.05, 3.63) is 40.7 Å². The van der Waals surface area contributed by atoms with Gasteiger partial charge in [-0.25, -0.2) is 17.8 Å². The Bertz CT molecular complexity index is 819. The first kappa shape index (κ1) is 15.4. The fourth-order valence-corrected chi connectivity index (χ4v) is 3.51. The van der Waals surface area contributed by atoms with Crippen LogP contribution in [0.4, 0.5) is 9.52 Å². The number of benzene rings is 1. The van der Waals surface area contributed by atoms with Crippen LogP contribution >= 0.6 is 11.3 Å². The van der Waals surface area contributed by atoms with E-state index in [1.54, 1.807) is 12.3 Å². The van der Waals surface area contributed by atoms with Crippen molar-refractivity contribution in [2.24, 2.45) is 0 Å². The summed E-state index contributed by atoms with van der Waals surface area (Å²) < 4.78 is 40.3. The van der Waals surface area contributed by atoms with Gasteiger partial charge in [0.05, 0.1) is 5.69 Å². The highest BCUT2D eigenvalue weighted by molar-refractivity contribution is 7.93. The van der Waals surface area contributed by atoms with Gasteiger partial charge >= 0.3 is 0 Å². The molecule has 0 bridgehead atoms. The predicted molar refractivity (Wildman–Crippen MR) is 78.0 cm³/mol. The van der Waals surface area contributed by atoms with Crippen molar-refractivity contribution in [2.75, 3.05) is 11.3 Å². The molecule has 2 aromatic rings. The number of sulfonamides is 1. The number of aliphatic hydroxyl groups is 1. The van der Waals surface area contributed by atoms with Crippen molar-refractivity contribution in [1.29, 1.82) is 0 Å². The molecule has 0 amide bonds. The maximum atomic E-state index is 13.9. The number of aliphatic hydroxyl groups excluding tert-OH is 1. The van der Waals surface area contributed by atoms with E-state index in [2.05, 4.69) is 21.5 Å². The number of hydrogen-bond acceptors (Lipinski definition) is 5. The molecule has 1 aromatic heterocycles. The lowest BCUT2D eigenvalue weighted by atomic mass is 10.2. The summed E-state index contributed by atoms with van der Waals surface area (Å²) in [5, 5.41) is 10.4. The summed E-state index contributed by atoms with van der Waals surface area (Å²) in [6, 6.07) is 3.50. The minimum absolute atomic E-state index is 0.177. The lowest BCUT2D eigenvalue weighted by Crippen LogP contribution is -2.14. The molecule has 1 heterocycles. The Labute approximate surface area is 125 Å². The van der Waals surface area contributed by atoms with Crippen LogP contribution in [0.15, 0.2) is 28.5 Å². The van der Waals surface area contributed by atoms with Gasteiger partial charge in [-0.15, -0.1) is 11.3 Å². The van der Waals surface area contributed by atoms with Crippen LogP contribution in [0.1, 0.15) is 11.3 Å². The molecule has 0 radical (unpaired) electrons. The lowest BCUT2D eigenvalue weighted by Gasteiger charge is -2.06. The van der Waals surface area contributed by atoms with Crippen molar-refractivity contribution in [3.8, 4) is 11.8 Å². The highest BCUT2D eigenvalue weighted by atomic mass is 32.2. The normalized spacial score (nSPS) is 10.8. The smallest absolute Gasteiger partial charge is 0.266 e. The van der Waals surface area contributed by atoms with Gasteiger partial charge in [0.2, 0.25) is 0 Å². The van der Waals surface area contributed by atoms with E-state index in [9.17, 15) is 12.8 Å². The molecule has 2 N–H and O–H groups in total. The Balaban J connectivity index is 2.32. The number of hydrogen-bond donors (Lipinski definition) is 2. The van der Waals surface area contributed by atoms with Gasteiger partial charge in [0.15, 0.2) is 5.13 Å². The molecule has 0 aliphatic rings. The Kier molecular flexibility index (Phi) is 4.57. The summed E-state index contributed by atoms with van der Waals surface area (Å²) >= 11 is 1.12. The molecule has 0 saturated heterocycles. The van der Waals surface area contributed by atoms with Gasteiger partial charge in [0.1, 0.15) is 17.3 Å². The van der Waals surface area contributed by atoms with Crippen LogP contribution in [-0.4, -0.2) is 25.1 Å². The molecular formula is C13H11FN2O3S2. The van der Waals surface area contributed by atoms with Crippen molar-refractivity contribution in [3.63, 3.8) is 0 Å². The maximum absolute atomic E-state index is 13.9. The summed E-state index contributed by atoms with van der Waals surface area (Å²) in [5.74, 6) is 3.94. The summed E-state index contributed by atoms with van der Waals surface area (Å²) in [5.41, 5.74) is 0.957. The molecule has 0 atom stereocenters. The number of nitrogens with one attached hydrogen (secondary N) is 1. The van der Waals surface area contributed by atoms with Gasteiger partial charge < -0.3 is 5.11 Å². The second-order valence-electron chi connectivity index (χ2n) is 4.00. The predicted octanol–water partition coefficient (Wildman–Crippen LogP) is 1.74. The zero-order chi connectivity index (χ0) is 15.5. The minimum atomic E-state index is -4.04. The molecule has 0 aliphatic heterocycles. The Hall–Kier alpha value is -1.95. The summed E-state index contributed by atoms with van der Waals surface area (Å²) in [4.78, 5) is 3.48. The van der Waals surface area contributed by atoms with Gasteiger partial charge in [0.25, 0.3) is 10.0 Å². The highest BCUT2D eigenvalue weighted by Gasteiger charge is 2.20. The minimum Gasteiger partial charge on any atom is -0.384 e. The van der Waals surface area contributed by atoms with Gasteiger partial charge in [-0.1, -0.05) is 11.8 Å². The molecule has 2 rings (SSSR count). The average molecular weight is 326 g/mol. The monoisotopic (exact) mass is 326 g/mol. The molecule has 0 saturated carbocycles. The van der Waals surface area contributed by atoms with E-state index in [0.29, 0.717) is 5.69 Å². The second-order valence-corrected chi connectivity index (χ2v) is 6.51. The number of halogens is 1. The van der Waals surface area contributed by atoms with Crippen molar-refractivity contribution >= 4 is 26.5 Å². The maximum Gasteiger partial charge on any atom is 0.266 e. The fraction of sp³-hybridized carbons (Fsp3) is 0.154. The Morgan fingerprint density at radius 1 is 1.48 bits per heavy atom. The van der Waals surface area contributed by atoms with Crippen molar-refractivity contribution in [2.45, 2.75) is 11.8 Å². The molecule has 8 heteroatoms. The zero-order valence-corrected chi connectivity index (χ0v) is 12.6. The number of anilines is 1. The SMILES string of the molecule is Cc1csc(NS(=O)(=O)c2ccc(C#CCO)cc2F)n1. The second kappa shape index (κ2) is 6.22. The van der Waals surface area contributed by atoms with E-state index in [0.717, 1.165) is 23.5 Å². The highest BCUT2D eigenvalue weighted by Crippen LogP contribution is 2.22. The third-order valence-electron chi connectivity index (χ3n) is 2.37. The van der Waals surface area contributed by atoms with Crippen molar-refractivity contribution < 1.29 is 17.9 Å². The fourth-order valence-electron chi connectivity index (χ4n) is 1.51. The van der Waals surface area contributed by atoms with E-state index >= 15 is 0 Å². The molecule has 110 valence electrons. The molecule has 21 heavy (non-hydrogen) atoms. The third-order valence-corrected chi connectivity index (χ3v) is 4.75. The standard InChI is InChI=1S/C13H11FN2O3S2/c1-9-8-20-13(15-9)16-21(18,19)12-5-4-10(3-2-6-17)7-11(12)14/h4-5,7-8,17H,6H2,1H3,(H,15,16). The van der Waals surface area contributed by atoms with E-state index in [4.69, 9.17) is 5.11 Å². The van der Waals surface area contributed by atoms with Gasteiger partial charge in [-0.2, -0.15) is 0 Å². The van der Waals surface area contributed by atoms with Crippen LogP contribution in [0.25, 0.3) is 0 Å². The molecule has 5 nitrogen and oxygen atoms in total. The van der Waals surface area contributed by atoms with Crippen LogP contribution in [0, 0.1) is 24.6 Å². The van der Waals surface area contributed by atoms with E-state index in [1.165, 1.54) is 6.07 Å². The first-order valence-electron chi connectivity index (χ1n) is 5.76. The number of rotatable bonds is 3. The van der Waals surface area contributed by atoms with Gasteiger partial charge in [0, 0.05) is 10.9 Å². The molecule has 0 spiro atoms. The first-order chi connectivity index (χ1) is 9.92.